The van der Waals surface area contributed by atoms with E-state index >= 15 is 0 Å². The summed E-state index contributed by atoms with van der Waals surface area (Å²) in [4.78, 5) is 11.7. The maximum Gasteiger partial charge on any atom is 0.281 e. The molecule has 2 rings (SSSR count). The minimum Gasteiger partial charge on any atom is -0.266 e. The van der Waals surface area contributed by atoms with Gasteiger partial charge < -0.3 is 0 Å². The fourth-order valence-electron chi connectivity index (χ4n) is 1.39. The van der Waals surface area contributed by atoms with E-state index in [4.69, 9.17) is 11.6 Å². The Morgan fingerprint density at radius 1 is 1.41 bits per heavy atom. The van der Waals surface area contributed by atoms with Crippen molar-refractivity contribution in [2.75, 3.05) is 0 Å². The smallest absolute Gasteiger partial charge is 0.266 e. The lowest BCUT2D eigenvalue weighted by atomic mass is 10.2. The molecule has 0 aliphatic carbocycles. The minimum absolute atomic E-state index is 0.176. The number of rotatable bonds is 2. The van der Waals surface area contributed by atoms with Gasteiger partial charge >= 0.3 is 0 Å². The van der Waals surface area contributed by atoms with Crippen molar-refractivity contribution in [1.82, 2.24) is 9.78 Å². The van der Waals surface area contributed by atoms with Crippen LogP contribution in [0, 0.1) is 5.82 Å². The van der Waals surface area contributed by atoms with Crippen LogP contribution >= 0.6 is 27.5 Å². The first kappa shape index (κ1) is 12.3. The van der Waals surface area contributed by atoms with E-state index in [9.17, 15) is 9.18 Å². The summed E-state index contributed by atoms with van der Waals surface area (Å²) in [7, 11) is 0. The molecular weight excluding hydrogens is 310 g/mol. The third kappa shape index (κ3) is 2.92. The number of nitrogens with zero attached hydrogens (tertiary/aromatic N) is 2. The van der Waals surface area contributed by atoms with Crippen molar-refractivity contribution in [1.29, 1.82) is 0 Å². The Labute approximate surface area is 110 Å². The first-order valence-electron chi connectivity index (χ1n) is 4.74. The zero-order valence-electron chi connectivity index (χ0n) is 8.53. The lowest BCUT2D eigenvalue weighted by molar-refractivity contribution is 0.609. The lowest BCUT2D eigenvalue weighted by Gasteiger charge is -2.05. The van der Waals surface area contributed by atoms with Crippen molar-refractivity contribution in [3.8, 4) is 0 Å². The van der Waals surface area contributed by atoms with E-state index in [2.05, 4.69) is 21.0 Å². The summed E-state index contributed by atoms with van der Waals surface area (Å²) < 4.78 is 14.5. The number of benzene rings is 1. The van der Waals surface area contributed by atoms with Crippen molar-refractivity contribution in [3.05, 3.63) is 61.7 Å². The Morgan fingerprint density at radius 2 is 2.18 bits per heavy atom. The molecule has 1 aromatic heterocycles. The molecule has 0 N–H and O–H groups in total. The summed E-state index contributed by atoms with van der Waals surface area (Å²) >= 11 is 8.84. The predicted molar refractivity (Wildman–Crippen MR) is 66.7 cm³/mol. The highest BCUT2D eigenvalue weighted by atomic mass is 79.9. The van der Waals surface area contributed by atoms with E-state index in [1.165, 1.54) is 22.9 Å². The third-order valence-electron chi connectivity index (χ3n) is 2.12. The molecule has 0 spiro atoms. The van der Waals surface area contributed by atoms with Gasteiger partial charge in [0.25, 0.3) is 5.56 Å². The molecule has 6 heteroatoms. The molecule has 17 heavy (non-hydrogen) atoms. The van der Waals surface area contributed by atoms with Crippen LogP contribution in [0.5, 0.6) is 0 Å². The van der Waals surface area contributed by atoms with Crippen molar-refractivity contribution in [2.45, 2.75) is 6.54 Å². The quantitative estimate of drug-likeness (QED) is 0.853. The Balaban J connectivity index is 2.40. The molecule has 0 unspecified atom stereocenters. The molecule has 0 amide bonds. The molecule has 0 bridgehead atoms. The fourth-order valence-corrected chi connectivity index (χ4v) is 2.15. The molecule has 0 radical (unpaired) electrons. The van der Waals surface area contributed by atoms with E-state index < -0.39 is 0 Å². The van der Waals surface area contributed by atoms with E-state index in [1.807, 2.05) is 0 Å². The number of hydrogen-bond acceptors (Lipinski definition) is 2. The fraction of sp³-hybridized carbons (Fsp3) is 0.0909. The average Bonchev–Trinajstić information content (AvgIpc) is 2.25. The lowest BCUT2D eigenvalue weighted by Crippen LogP contribution is -2.24. The Hall–Kier alpha value is -1.20. The van der Waals surface area contributed by atoms with Crippen molar-refractivity contribution >= 4 is 27.5 Å². The van der Waals surface area contributed by atoms with E-state index in [-0.39, 0.29) is 23.1 Å². The summed E-state index contributed by atoms with van der Waals surface area (Å²) in [5, 5.41) is 4.08. The van der Waals surface area contributed by atoms with Gasteiger partial charge in [0.2, 0.25) is 0 Å². The van der Waals surface area contributed by atoms with Crippen LogP contribution in [0.3, 0.4) is 0 Å². The highest BCUT2D eigenvalue weighted by Gasteiger charge is 2.06. The van der Waals surface area contributed by atoms with Crippen LogP contribution in [0.1, 0.15) is 5.56 Å². The van der Waals surface area contributed by atoms with Gasteiger partial charge in [-0.05, 0) is 39.7 Å². The summed E-state index contributed by atoms with van der Waals surface area (Å²) in [5.74, 6) is -0.350. The number of hydrogen-bond donors (Lipinski definition) is 0. The second kappa shape index (κ2) is 4.98. The molecule has 0 saturated carbocycles. The molecule has 0 aliphatic rings. The van der Waals surface area contributed by atoms with Crippen LogP contribution in [0.4, 0.5) is 4.39 Å². The molecule has 0 aliphatic heterocycles. The van der Waals surface area contributed by atoms with Gasteiger partial charge in [0, 0.05) is 0 Å². The van der Waals surface area contributed by atoms with Gasteiger partial charge in [-0.2, -0.15) is 5.10 Å². The topological polar surface area (TPSA) is 34.9 Å². The van der Waals surface area contributed by atoms with Crippen LogP contribution in [-0.4, -0.2) is 9.78 Å². The molecular formula is C11H7BrClFN2O. The number of aromatic nitrogens is 2. The molecule has 2 aromatic rings. The highest BCUT2D eigenvalue weighted by molar-refractivity contribution is 9.10. The zero-order valence-corrected chi connectivity index (χ0v) is 10.9. The Morgan fingerprint density at radius 3 is 2.88 bits per heavy atom. The summed E-state index contributed by atoms with van der Waals surface area (Å²) in [6.45, 7) is 0.176. The van der Waals surface area contributed by atoms with Gasteiger partial charge in [-0.15, -0.1) is 0 Å². The van der Waals surface area contributed by atoms with Crippen molar-refractivity contribution in [3.63, 3.8) is 0 Å². The minimum atomic E-state index is -0.350. The Kier molecular flexibility index (Phi) is 3.59. The molecule has 0 atom stereocenters. The monoisotopic (exact) mass is 316 g/mol. The normalized spacial score (nSPS) is 10.5. The van der Waals surface area contributed by atoms with Gasteiger partial charge in [0.15, 0.2) is 5.15 Å². The Bertz CT molecular complexity index is 615. The molecule has 1 aromatic carbocycles. The SMILES string of the molecule is O=c1c(Br)cc(Cl)nn1Cc1cccc(F)c1. The van der Waals surface area contributed by atoms with E-state index in [0.717, 1.165) is 0 Å². The molecule has 0 saturated heterocycles. The summed E-state index contributed by atoms with van der Waals surface area (Å²) in [6, 6.07) is 7.41. The maximum absolute atomic E-state index is 13.0. The highest BCUT2D eigenvalue weighted by Crippen LogP contribution is 2.10. The van der Waals surface area contributed by atoms with Crippen LogP contribution in [-0.2, 0) is 6.54 Å². The van der Waals surface area contributed by atoms with Crippen LogP contribution < -0.4 is 5.56 Å². The number of halogens is 3. The van der Waals surface area contributed by atoms with E-state index in [0.29, 0.717) is 10.0 Å². The van der Waals surface area contributed by atoms with Gasteiger partial charge in [0.05, 0.1) is 11.0 Å². The third-order valence-corrected chi connectivity index (χ3v) is 2.87. The summed E-state index contributed by atoms with van der Waals surface area (Å²) in [5.41, 5.74) is 0.340. The average molecular weight is 318 g/mol. The van der Waals surface area contributed by atoms with Crippen LogP contribution in [0.15, 0.2) is 39.6 Å². The zero-order chi connectivity index (χ0) is 12.4. The first-order valence-corrected chi connectivity index (χ1v) is 5.91. The van der Waals surface area contributed by atoms with Gasteiger partial charge in [-0.25, -0.2) is 9.07 Å². The summed E-state index contributed by atoms with van der Waals surface area (Å²) in [6.07, 6.45) is 0. The molecule has 88 valence electrons. The van der Waals surface area contributed by atoms with Crippen LogP contribution in [0.2, 0.25) is 5.15 Å². The molecule has 0 fully saturated rings. The van der Waals surface area contributed by atoms with Gasteiger partial charge in [-0.1, -0.05) is 23.7 Å². The standard InChI is InChI=1S/C11H7BrClFN2O/c12-9-5-10(13)15-16(11(9)17)6-7-2-1-3-8(14)4-7/h1-5H,6H2. The van der Waals surface area contributed by atoms with E-state index in [1.54, 1.807) is 12.1 Å². The second-order valence-corrected chi connectivity index (χ2v) is 4.65. The molecule has 3 nitrogen and oxygen atoms in total. The van der Waals surface area contributed by atoms with Crippen molar-refractivity contribution in [2.24, 2.45) is 0 Å². The van der Waals surface area contributed by atoms with Crippen molar-refractivity contribution < 1.29 is 4.39 Å². The van der Waals surface area contributed by atoms with Gasteiger partial charge in [0.1, 0.15) is 5.82 Å². The second-order valence-electron chi connectivity index (χ2n) is 3.41. The first-order chi connectivity index (χ1) is 8.06. The molecule has 1 heterocycles. The largest absolute Gasteiger partial charge is 0.281 e. The van der Waals surface area contributed by atoms with Gasteiger partial charge in [-0.3, -0.25) is 4.79 Å². The van der Waals surface area contributed by atoms with Crippen LogP contribution in [0.25, 0.3) is 0 Å². The maximum atomic E-state index is 13.0. The predicted octanol–water partition coefficient (Wildman–Crippen LogP) is 2.85.